The van der Waals surface area contributed by atoms with Crippen LogP contribution in [-0.2, 0) is 4.79 Å². The Bertz CT molecular complexity index is 1440. The second kappa shape index (κ2) is 10.4. The fourth-order valence-electron chi connectivity index (χ4n) is 4.01. The van der Waals surface area contributed by atoms with Crippen LogP contribution in [0.15, 0.2) is 60.7 Å². The summed E-state index contributed by atoms with van der Waals surface area (Å²) in [5.41, 5.74) is 4.57. The van der Waals surface area contributed by atoms with Gasteiger partial charge >= 0.3 is 0 Å². The molecule has 8 nitrogen and oxygen atoms in total. The van der Waals surface area contributed by atoms with E-state index >= 15 is 0 Å². The molecule has 0 saturated carbocycles. The number of carbonyl (C=O) groups excluding carboxylic acids is 2. The number of rotatable bonds is 7. The molecule has 0 spiro atoms. The maximum absolute atomic E-state index is 13.5. The van der Waals surface area contributed by atoms with Crippen molar-refractivity contribution in [2.45, 2.75) is 13.8 Å². The number of fused-ring (bicyclic) bond motifs is 1. The number of aromatic nitrogens is 1. The van der Waals surface area contributed by atoms with Crippen molar-refractivity contribution in [2.24, 2.45) is 0 Å². The van der Waals surface area contributed by atoms with Gasteiger partial charge in [0.15, 0.2) is 11.5 Å². The maximum atomic E-state index is 13.5. The molecule has 1 aromatic heterocycles. The van der Waals surface area contributed by atoms with Gasteiger partial charge < -0.3 is 24.8 Å². The lowest BCUT2D eigenvalue weighted by molar-refractivity contribution is -0.114. The Labute approximate surface area is 209 Å². The smallest absolute Gasteiger partial charge is 0.256 e. The molecule has 4 rings (SSSR count). The van der Waals surface area contributed by atoms with E-state index in [0.29, 0.717) is 51.0 Å². The van der Waals surface area contributed by atoms with Gasteiger partial charge in [-0.2, -0.15) is 0 Å². The quantitative estimate of drug-likeness (QED) is 0.361. The summed E-state index contributed by atoms with van der Waals surface area (Å²) >= 11 is 0. The van der Waals surface area contributed by atoms with Crippen LogP contribution in [0.4, 0.5) is 11.4 Å². The third kappa shape index (κ3) is 4.93. The minimum Gasteiger partial charge on any atom is -0.493 e. The molecule has 36 heavy (non-hydrogen) atoms. The molecule has 3 aromatic carbocycles. The number of ether oxygens (including phenoxy) is 3. The normalized spacial score (nSPS) is 10.6. The number of pyridine rings is 1. The van der Waals surface area contributed by atoms with Crippen LogP contribution in [0.2, 0.25) is 0 Å². The predicted octanol–water partition coefficient (Wildman–Crippen LogP) is 5.45. The molecular weight excluding hydrogens is 458 g/mol. The van der Waals surface area contributed by atoms with Gasteiger partial charge in [0.1, 0.15) is 0 Å². The molecule has 4 aromatic rings. The first kappa shape index (κ1) is 24.5. The Morgan fingerprint density at radius 3 is 2.14 bits per heavy atom. The highest BCUT2D eigenvalue weighted by Crippen LogP contribution is 2.41. The minimum absolute atomic E-state index is 0.155. The Morgan fingerprint density at radius 2 is 1.53 bits per heavy atom. The van der Waals surface area contributed by atoms with E-state index in [9.17, 15) is 9.59 Å². The SMILES string of the molecule is COc1cc(-c2cc(C(=O)Nc3ccc(NC(C)=O)c(C)c3)c3ccccc3n2)cc(OC)c1OC. The number of carbonyl (C=O) groups is 2. The summed E-state index contributed by atoms with van der Waals surface area (Å²) < 4.78 is 16.4. The molecule has 1 heterocycles. The van der Waals surface area contributed by atoms with Crippen molar-refractivity contribution in [2.75, 3.05) is 32.0 Å². The number of nitrogens with one attached hydrogen (secondary N) is 2. The molecule has 2 N–H and O–H groups in total. The molecule has 0 aliphatic carbocycles. The third-order valence-corrected chi connectivity index (χ3v) is 5.72. The van der Waals surface area contributed by atoms with Crippen LogP contribution in [0.3, 0.4) is 0 Å². The van der Waals surface area contributed by atoms with E-state index in [1.807, 2.05) is 37.3 Å². The number of amides is 2. The largest absolute Gasteiger partial charge is 0.493 e. The monoisotopic (exact) mass is 485 g/mol. The van der Waals surface area contributed by atoms with Crippen LogP contribution in [0.5, 0.6) is 17.2 Å². The number of anilines is 2. The predicted molar refractivity (Wildman–Crippen MR) is 140 cm³/mol. The molecule has 8 heteroatoms. The topological polar surface area (TPSA) is 98.8 Å². The van der Waals surface area contributed by atoms with Gasteiger partial charge in [-0.05, 0) is 55.0 Å². The van der Waals surface area contributed by atoms with E-state index in [1.54, 1.807) is 51.7 Å². The third-order valence-electron chi connectivity index (χ3n) is 5.72. The molecule has 2 amide bonds. The summed E-state index contributed by atoms with van der Waals surface area (Å²) in [6, 6.07) is 18.1. The molecule has 0 radical (unpaired) electrons. The summed E-state index contributed by atoms with van der Waals surface area (Å²) in [5.74, 6) is 1.01. The van der Waals surface area contributed by atoms with Crippen LogP contribution in [0, 0.1) is 6.92 Å². The van der Waals surface area contributed by atoms with Crippen molar-refractivity contribution >= 4 is 34.1 Å². The van der Waals surface area contributed by atoms with E-state index in [0.717, 1.165) is 10.9 Å². The molecule has 0 bridgehead atoms. The molecule has 0 saturated heterocycles. The fourth-order valence-corrected chi connectivity index (χ4v) is 4.01. The number of aryl methyl sites for hydroxylation is 1. The van der Waals surface area contributed by atoms with E-state index in [1.165, 1.54) is 6.92 Å². The van der Waals surface area contributed by atoms with Crippen molar-refractivity contribution in [1.29, 1.82) is 0 Å². The first-order valence-corrected chi connectivity index (χ1v) is 11.2. The van der Waals surface area contributed by atoms with Gasteiger partial charge in [-0.3, -0.25) is 9.59 Å². The van der Waals surface area contributed by atoms with E-state index in [4.69, 9.17) is 19.2 Å². The van der Waals surface area contributed by atoms with Gasteiger partial charge in [0, 0.05) is 29.2 Å². The first-order chi connectivity index (χ1) is 17.3. The molecule has 0 fully saturated rings. The zero-order valence-corrected chi connectivity index (χ0v) is 20.8. The van der Waals surface area contributed by atoms with Gasteiger partial charge in [0.2, 0.25) is 11.7 Å². The van der Waals surface area contributed by atoms with Gasteiger partial charge in [-0.1, -0.05) is 18.2 Å². The van der Waals surface area contributed by atoms with Crippen LogP contribution in [0.25, 0.3) is 22.2 Å². The Balaban J connectivity index is 1.77. The summed E-state index contributed by atoms with van der Waals surface area (Å²) in [5, 5.41) is 6.46. The molecule has 0 unspecified atom stereocenters. The molecule has 0 atom stereocenters. The second-order valence-electron chi connectivity index (χ2n) is 8.15. The average Bonchev–Trinajstić information content (AvgIpc) is 2.88. The van der Waals surface area contributed by atoms with Crippen molar-refractivity contribution in [3.8, 4) is 28.5 Å². The van der Waals surface area contributed by atoms with Crippen LogP contribution < -0.4 is 24.8 Å². The maximum Gasteiger partial charge on any atom is 0.256 e. The highest BCUT2D eigenvalue weighted by Gasteiger charge is 2.18. The van der Waals surface area contributed by atoms with Gasteiger partial charge in [-0.25, -0.2) is 4.98 Å². The Morgan fingerprint density at radius 1 is 0.833 bits per heavy atom. The average molecular weight is 486 g/mol. The lowest BCUT2D eigenvalue weighted by atomic mass is 10.0. The molecule has 0 aliphatic heterocycles. The number of para-hydroxylation sites is 1. The number of methoxy groups -OCH3 is 3. The molecule has 184 valence electrons. The van der Waals surface area contributed by atoms with Gasteiger partial charge in [0.25, 0.3) is 5.91 Å². The summed E-state index contributed by atoms with van der Waals surface area (Å²) in [7, 11) is 4.64. The van der Waals surface area contributed by atoms with E-state index < -0.39 is 0 Å². The summed E-state index contributed by atoms with van der Waals surface area (Å²) in [6.07, 6.45) is 0. The standard InChI is InChI=1S/C28H27N3O5/c1-16-12-19(10-11-22(16)29-17(2)32)30-28(33)21-15-24(31-23-9-7-6-8-20(21)23)18-13-25(34-3)27(36-5)26(14-18)35-4/h6-15H,1-5H3,(H,29,32)(H,30,33). The van der Waals surface area contributed by atoms with Crippen LogP contribution in [0.1, 0.15) is 22.8 Å². The fraction of sp³-hybridized carbons (Fsp3) is 0.179. The van der Waals surface area contributed by atoms with Crippen molar-refractivity contribution in [3.05, 3.63) is 71.8 Å². The molecular formula is C28H27N3O5. The summed E-state index contributed by atoms with van der Waals surface area (Å²) in [6.45, 7) is 3.32. The van der Waals surface area contributed by atoms with E-state index in [-0.39, 0.29) is 11.8 Å². The highest BCUT2D eigenvalue weighted by atomic mass is 16.5. The zero-order valence-electron chi connectivity index (χ0n) is 20.8. The molecule has 0 aliphatic rings. The number of nitrogens with zero attached hydrogens (tertiary/aromatic N) is 1. The van der Waals surface area contributed by atoms with Crippen LogP contribution >= 0.6 is 0 Å². The van der Waals surface area contributed by atoms with Crippen LogP contribution in [-0.4, -0.2) is 38.1 Å². The number of hydrogen-bond donors (Lipinski definition) is 2. The van der Waals surface area contributed by atoms with E-state index in [2.05, 4.69) is 10.6 Å². The van der Waals surface area contributed by atoms with Gasteiger partial charge in [0.05, 0.1) is 38.1 Å². The lowest BCUT2D eigenvalue weighted by Crippen LogP contribution is -2.14. The number of hydrogen-bond acceptors (Lipinski definition) is 6. The number of benzene rings is 3. The first-order valence-electron chi connectivity index (χ1n) is 11.2. The zero-order chi connectivity index (χ0) is 25.8. The minimum atomic E-state index is -0.283. The van der Waals surface area contributed by atoms with Crippen molar-refractivity contribution < 1.29 is 23.8 Å². The lowest BCUT2D eigenvalue weighted by Gasteiger charge is -2.15. The highest BCUT2D eigenvalue weighted by molar-refractivity contribution is 6.13. The van der Waals surface area contributed by atoms with Crippen molar-refractivity contribution in [1.82, 2.24) is 4.98 Å². The second-order valence-corrected chi connectivity index (χ2v) is 8.15. The van der Waals surface area contributed by atoms with Gasteiger partial charge in [-0.15, -0.1) is 0 Å². The summed E-state index contributed by atoms with van der Waals surface area (Å²) in [4.78, 5) is 29.6. The van der Waals surface area contributed by atoms with Crippen molar-refractivity contribution in [3.63, 3.8) is 0 Å². The Hall–Kier alpha value is -4.59. The Kier molecular flexibility index (Phi) is 7.05.